The Hall–Kier alpha value is -0.330. The van der Waals surface area contributed by atoms with Crippen LogP contribution in [0.25, 0.3) is 0 Å². The van der Waals surface area contributed by atoms with Gasteiger partial charge in [0.1, 0.15) is 0 Å². The highest BCUT2D eigenvalue weighted by molar-refractivity contribution is 5.81. The van der Waals surface area contributed by atoms with Gasteiger partial charge in [0.25, 0.3) is 0 Å². The molecule has 0 aromatic heterocycles. The highest BCUT2D eigenvalue weighted by Crippen LogP contribution is 3.04. The molecule has 0 aromatic rings. The topological polar surface area (TPSA) is 12.4 Å². The van der Waals surface area contributed by atoms with E-state index in [-0.39, 0.29) is 0 Å². The van der Waals surface area contributed by atoms with Crippen molar-refractivity contribution in [2.45, 2.75) is 20.3 Å². The fourth-order valence-electron chi connectivity index (χ4n) is 5.16. The molecular weight excluding hydrogens is 146 g/mol. The molecule has 12 heavy (non-hydrogen) atoms. The van der Waals surface area contributed by atoms with Crippen LogP contribution in [0.1, 0.15) is 20.3 Å². The average Bonchev–Trinajstić information content (AvgIpc) is 2.67. The third-order valence-corrected chi connectivity index (χ3v) is 5.59. The van der Waals surface area contributed by atoms with Crippen LogP contribution in [0.4, 0.5) is 0 Å². The monoisotopic (exact) mass is 161 g/mol. The summed E-state index contributed by atoms with van der Waals surface area (Å²) in [5.41, 5.74) is 1.40. The van der Waals surface area contributed by atoms with E-state index in [0.717, 1.165) is 35.6 Å². The zero-order valence-corrected chi connectivity index (χ0v) is 7.75. The standard InChI is InChI=1S/C11H15N/c1-3-12-5-11-7-4-6-8(9(7)11)10(6,11)2/h5-9H,3-4H2,1-2H3. The predicted molar refractivity (Wildman–Crippen MR) is 48.2 cm³/mol. The Morgan fingerprint density at radius 3 is 2.67 bits per heavy atom. The molecule has 0 amide bonds. The summed E-state index contributed by atoms with van der Waals surface area (Å²) in [7, 11) is 0. The van der Waals surface area contributed by atoms with E-state index in [1.165, 1.54) is 0 Å². The van der Waals surface area contributed by atoms with Crippen LogP contribution in [-0.4, -0.2) is 12.8 Å². The van der Waals surface area contributed by atoms with Gasteiger partial charge in [-0.05, 0) is 42.4 Å². The minimum atomic E-state index is 0.651. The Kier molecular flexibility index (Phi) is 0.670. The van der Waals surface area contributed by atoms with Crippen molar-refractivity contribution in [1.29, 1.82) is 0 Å². The van der Waals surface area contributed by atoms with Crippen LogP contribution >= 0.6 is 0 Å². The summed E-state index contributed by atoms with van der Waals surface area (Å²) < 4.78 is 0. The van der Waals surface area contributed by atoms with Crippen molar-refractivity contribution in [3.05, 3.63) is 0 Å². The van der Waals surface area contributed by atoms with Crippen LogP contribution < -0.4 is 0 Å². The van der Waals surface area contributed by atoms with Crippen LogP contribution in [0.15, 0.2) is 4.99 Å². The van der Waals surface area contributed by atoms with Crippen LogP contribution in [0.3, 0.4) is 0 Å². The first-order valence-corrected chi connectivity index (χ1v) is 5.29. The lowest BCUT2D eigenvalue weighted by Gasteiger charge is -2.29. The minimum Gasteiger partial charge on any atom is -0.297 e. The van der Waals surface area contributed by atoms with E-state index < -0.39 is 0 Å². The van der Waals surface area contributed by atoms with Gasteiger partial charge in [-0.15, -0.1) is 0 Å². The quantitative estimate of drug-likeness (QED) is 0.549. The maximum atomic E-state index is 4.48. The third-order valence-electron chi connectivity index (χ3n) is 5.59. The van der Waals surface area contributed by atoms with E-state index in [9.17, 15) is 0 Å². The van der Waals surface area contributed by atoms with Gasteiger partial charge in [0, 0.05) is 18.2 Å². The van der Waals surface area contributed by atoms with Crippen LogP contribution in [0, 0.1) is 34.5 Å². The molecule has 0 spiro atoms. The van der Waals surface area contributed by atoms with Gasteiger partial charge in [-0.25, -0.2) is 0 Å². The highest BCUT2D eigenvalue weighted by Gasteiger charge is 3.01. The second-order valence-corrected chi connectivity index (χ2v) is 5.34. The van der Waals surface area contributed by atoms with E-state index in [1.54, 1.807) is 6.42 Å². The zero-order chi connectivity index (χ0) is 8.14. The van der Waals surface area contributed by atoms with Crippen LogP contribution in [-0.2, 0) is 0 Å². The lowest BCUT2D eigenvalue weighted by molar-refractivity contribution is 0.239. The van der Waals surface area contributed by atoms with Gasteiger partial charge in [-0.1, -0.05) is 6.92 Å². The van der Waals surface area contributed by atoms with Gasteiger partial charge >= 0.3 is 0 Å². The molecule has 0 heterocycles. The van der Waals surface area contributed by atoms with E-state index in [4.69, 9.17) is 0 Å². The lowest BCUT2D eigenvalue weighted by Crippen LogP contribution is -2.30. The summed E-state index contributed by atoms with van der Waals surface area (Å²) in [6.07, 6.45) is 3.88. The van der Waals surface area contributed by atoms with Crippen molar-refractivity contribution >= 4 is 6.21 Å². The minimum absolute atomic E-state index is 0.651. The summed E-state index contributed by atoms with van der Waals surface area (Å²) >= 11 is 0. The maximum Gasteiger partial charge on any atom is 0.0357 e. The van der Waals surface area contributed by atoms with Crippen molar-refractivity contribution < 1.29 is 0 Å². The van der Waals surface area contributed by atoms with Crippen molar-refractivity contribution in [3.8, 4) is 0 Å². The van der Waals surface area contributed by atoms with Gasteiger partial charge < -0.3 is 0 Å². The molecule has 6 atom stereocenters. The number of hydrogen-bond donors (Lipinski definition) is 0. The molecule has 0 radical (unpaired) electrons. The molecule has 0 saturated heterocycles. The SMILES string of the molecule is CCN=CC12C3CC4C(C31)C42C. The third kappa shape index (κ3) is 0.295. The molecule has 64 valence electrons. The number of hydrogen-bond acceptors (Lipinski definition) is 1. The molecule has 0 aliphatic heterocycles. The van der Waals surface area contributed by atoms with Gasteiger partial charge in [0.15, 0.2) is 0 Å². The summed E-state index contributed by atoms with van der Waals surface area (Å²) in [4.78, 5) is 4.48. The Morgan fingerprint density at radius 2 is 2.25 bits per heavy atom. The zero-order valence-electron chi connectivity index (χ0n) is 7.75. The van der Waals surface area contributed by atoms with Crippen LogP contribution in [0.2, 0.25) is 0 Å². The van der Waals surface area contributed by atoms with Crippen molar-refractivity contribution in [1.82, 2.24) is 0 Å². The second kappa shape index (κ2) is 1.30. The first-order valence-electron chi connectivity index (χ1n) is 5.29. The van der Waals surface area contributed by atoms with Gasteiger partial charge in [-0.3, -0.25) is 4.99 Å². The number of nitrogens with zero attached hydrogens (tertiary/aromatic N) is 1. The fourth-order valence-corrected chi connectivity index (χ4v) is 5.16. The predicted octanol–water partition coefficient (Wildman–Crippen LogP) is 1.98. The molecule has 1 nitrogen and oxygen atoms in total. The number of aliphatic imine (C=N–C) groups is 1. The molecule has 2 bridgehead atoms. The number of rotatable bonds is 2. The molecular formula is C11H15N. The van der Waals surface area contributed by atoms with Crippen molar-refractivity contribution in [3.63, 3.8) is 0 Å². The Balaban J connectivity index is 1.77. The first-order chi connectivity index (χ1) is 5.78. The molecule has 5 saturated carbocycles. The van der Waals surface area contributed by atoms with Crippen molar-refractivity contribution in [2.24, 2.45) is 39.5 Å². The van der Waals surface area contributed by atoms with Crippen molar-refractivity contribution in [2.75, 3.05) is 6.54 Å². The lowest BCUT2D eigenvalue weighted by atomic mass is 9.74. The molecule has 5 aliphatic rings. The average molecular weight is 161 g/mol. The Labute approximate surface area is 73.3 Å². The summed E-state index contributed by atoms with van der Waals surface area (Å²) in [6.45, 7) is 5.63. The van der Waals surface area contributed by atoms with E-state index in [1.807, 2.05) is 0 Å². The molecule has 5 fully saturated rings. The van der Waals surface area contributed by atoms with Crippen LogP contribution in [0.5, 0.6) is 0 Å². The van der Waals surface area contributed by atoms with E-state index >= 15 is 0 Å². The second-order valence-electron chi connectivity index (χ2n) is 5.34. The summed E-state index contributed by atoms with van der Waals surface area (Å²) in [6, 6.07) is 0. The Morgan fingerprint density at radius 1 is 1.42 bits per heavy atom. The fraction of sp³-hybridized carbons (Fsp3) is 0.909. The largest absolute Gasteiger partial charge is 0.297 e. The highest BCUT2D eigenvalue weighted by atomic mass is 15.1. The summed E-state index contributed by atoms with van der Waals surface area (Å²) in [5.74, 6) is 4.44. The smallest absolute Gasteiger partial charge is 0.0357 e. The van der Waals surface area contributed by atoms with Gasteiger partial charge in [0.2, 0.25) is 0 Å². The molecule has 6 unspecified atom stereocenters. The molecule has 1 heteroatoms. The van der Waals surface area contributed by atoms with Gasteiger partial charge in [-0.2, -0.15) is 0 Å². The normalized spacial score (nSPS) is 74.2. The molecule has 5 rings (SSSR count). The Bertz CT molecular complexity index is 296. The van der Waals surface area contributed by atoms with Gasteiger partial charge in [0.05, 0.1) is 0 Å². The molecule has 5 aliphatic carbocycles. The first kappa shape index (κ1) is 6.17. The van der Waals surface area contributed by atoms with E-state index in [2.05, 4.69) is 25.1 Å². The molecule has 0 N–H and O–H groups in total. The maximum absolute atomic E-state index is 4.48. The molecule has 0 aromatic carbocycles. The van der Waals surface area contributed by atoms with E-state index in [0.29, 0.717) is 5.41 Å². The summed E-state index contributed by atoms with van der Waals surface area (Å²) in [5, 5.41) is 0.